The summed E-state index contributed by atoms with van der Waals surface area (Å²) in [5.41, 5.74) is 4.14. The molecule has 0 aliphatic heterocycles. The van der Waals surface area contributed by atoms with Crippen LogP contribution in [0.15, 0.2) is 29.6 Å². The number of imidazole rings is 1. The van der Waals surface area contributed by atoms with Gasteiger partial charge in [0.1, 0.15) is 11.5 Å². The molecule has 2 heterocycles. The van der Waals surface area contributed by atoms with E-state index in [1.165, 1.54) is 0 Å². The Morgan fingerprint density at radius 2 is 2.03 bits per heavy atom. The molecule has 152 valence electrons. The third kappa shape index (κ3) is 4.25. The molecule has 0 aliphatic rings. The predicted octanol–water partition coefficient (Wildman–Crippen LogP) is 3.68. The summed E-state index contributed by atoms with van der Waals surface area (Å²) in [5.74, 6) is 1.71. The Bertz CT molecular complexity index is 1100. The summed E-state index contributed by atoms with van der Waals surface area (Å²) in [7, 11) is 1.82. The lowest BCUT2D eigenvalue weighted by Gasteiger charge is -2.12. The number of pyridine rings is 1. The van der Waals surface area contributed by atoms with Gasteiger partial charge in [0.25, 0.3) is 0 Å². The Morgan fingerprint density at radius 3 is 2.72 bits per heavy atom. The van der Waals surface area contributed by atoms with Gasteiger partial charge >= 0.3 is 0 Å². The number of aromatic nitrogens is 3. The lowest BCUT2D eigenvalue weighted by molar-refractivity contribution is 0.407. The summed E-state index contributed by atoms with van der Waals surface area (Å²) in [6, 6.07) is 7.73. The Hall–Kier alpha value is -2.92. The smallest absolute Gasteiger partial charge is 0.200 e. The molecule has 0 bridgehead atoms. The molecular formula is C21H24N4O3S. The molecule has 0 saturated heterocycles. The van der Waals surface area contributed by atoms with Crippen LogP contribution < -0.4 is 9.47 Å². The highest BCUT2D eigenvalue weighted by molar-refractivity contribution is 7.84. The van der Waals surface area contributed by atoms with E-state index in [0.29, 0.717) is 30.3 Å². The molecular weight excluding hydrogens is 388 g/mol. The third-order valence-corrected chi connectivity index (χ3v) is 6.07. The molecule has 0 radical (unpaired) electrons. The first-order valence-corrected chi connectivity index (χ1v) is 10.6. The SMILES string of the molecule is COc1ccc2nc(S(=O)Cc3ncc(C)c(OC)c3C)n(CCCC#N)c2c1. The fraction of sp³-hybridized carbons (Fsp3) is 0.381. The van der Waals surface area contributed by atoms with Crippen molar-refractivity contribution in [2.75, 3.05) is 14.2 Å². The maximum atomic E-state index is 13.3. The number of ether oxygens (including phenoxy) is 2. The maximum Gasteiger partial charge on any atom is 0.200 e. The Balaban J connectivity index is 2.00. The molecule has 1 atom stereocenters. The summed E-state index contributed by atoms with van der Waals surface area (Å²) in [6.45, 7) is 4.41. The Morgan fingerprint density at radius 1 is 1.24 bits per heavy atom. The lowest BCUT2D eigenvalue weighted by atomic mass is 10.1. The Labute approximate surface area is 172 Å². The van der Waals surface area contributed by atoms with Crippen LogP contribution in [0.25, 0.3) is 11.0 Å². The maximum absolute atomic E-state index is 13.3. The quantitative estimate of drug-likeness (QED) is 0.524. The number of hydrogen-bond donors (Lipinski definition) is 0. The van der Waals surface area contributed by atoms with E-state index in [1.54, 1.807) is 20.4 Å². The van der Waals surface area contributed by atoms with Gasteiger partial charge in [-0.25, -0.2) is 4.98 Å². The van der Waals surface area contributed by atoms with Crippen molar-refractivity contribution in [3.05, 3.63) is 41.2 Å². The zero-order valence-electron chi connectivity index (χ0n) is 17.1. The van der Waals surface area contributed by atoms with Crippen LogP contribution in [0.1, 0.15) is 29.7 Å². The second kappa shape index (κ2) is 9.05. The zero-order chi connectivity index (χ0) is 21.0. The van der Waals surface area contributed by atoms with Crippen molar-refractivity contribution >= 4 is 21.8 Å². The van der Waals surface area contributed by atoms with Gasteiger partial charge in [0.15, 0.2) is 5.16 Å². The first-order chi connectivity index (χ1) is 14.0. The molecule has 0 amide bonds. The van der Waals surface area contributed by atoms with Crippen LogP contribution in [0.5, 0.6) is 11.5 Å². The van der Waals surface area contributed by atoms with Crippen LogP contribution >= 0.6 is 0 Å². The van der Waals surface area contributed by atoms with Crippen molar-refractivity contribution in [3.63, 3.8) is 0 Å². The first kappa shape index (κ1) is 20.8. The van der Waals surface area contributed by atoms with Crippen molar-refractivity contribution in [1.82, 2.24) is 14.5 Å². The summed E-state index contributed by atoms with van der Waals surface area (Å²) >= 11 is 0. The molecule has 0 N–H and O–H groups in total. The fourth-order valence-corrected chi connectivity index (χ4v) is 4.62. The molecule has 7 nitrogen and oxygen atoms in total. The van der Waals surface area contributed by atoms with Gasteiger partial charge in [0.05, 0.1) is 53.6 Å². The summed E-state index contributed by atoms with van der Waals surface area (Å²) < 4.78 is 26.0. The number of nitriles is 1. The molecule has 3 rings (SSSR count). The van der Waals surface area contributed by atoms with Crippen molar-refractivity contribution in [3.8, 4) is 17.6 Å². The van der Waals surface area contributed by atoms with Crippen LogP contribution in [0.3, 0.4) is 0 Å². The minimum absolute atomic E-state index is 0.237. The van der Waals surface area contributed by atoms with Crippen LogP contribution in [0.2, 0.25) is 0 Å². The molecule has 0 fully saturated rings. The minimum atomic E-state index is -1.41. The van der Waals surface area contributed by atoms with Crippen molar-refractivity contribution in [1.29, 1.82) is 5.26 Å². The average molecular weight is 413 g/mol. The van der Waals surface area contributed by atoms with E-state index < -0.39 is 10.8 Å². The van der Waals surface area contributed by atoms with Crippen molar-refractivity contribution in [2.24, 2.45) is 0 Å². The number of methoxy groups -OCH3 is 2. The summed E-state index contributed by atoms with van der Waals surface area (Å²) in [6.07, 6.45) is 2.81. The van der Waals surface area contributed by atoms with E-state index in [4.69, 9.17) is 14.7 Å². The normalized spacial score (nSPS) is 12.0. The van der Waals surface area contributed by atoms with E-state index in [1.807, 2.05) is 36.6 Å². The van der Waals surface area contributed by atoms with E-state index in [0.717, 1.165) is 33.6 Å². The number of hydrogen-bond acceptors (Lipinski definition) is 6. The highest BCUT2D eigenvalue weighted by Gasteiger charge is 2.20. The highest BCUT2D eigenvalue weighted by atomic mass is 32.2. The largest absolute Gasteiger partial charge is 0.497 e. The highest BCUT2D eigenvalue weighted by Crippen LogP contribution is 2.28. The molecule has 0 saturated carbocycles. The lowest BCUT2D eigenvalue weighted by Crippen LogP contribution is -2.10. The standard InChI is InChI=1S/C21H24N4O3S/c1-14-12-23-18(15(2)20(14)28-4)13-29(26)21-24-17-8-7-16(27-3)11-19(17)25(21)10-6-5-9-22/h7-8,11-12H,5-6,10,13H2,1-4H3. The second-order valence-electron chi connectivity index (χ2n) is 6.70. The molecule has 3 aromatic rings. The Kier molecular flexibility index (Phi) is 6.49. The van der Waals surface area contributed by atoms with Crippen LogP contribution in [0, 0.1) is 25.2 Å². The van der Waals surface area contributed by atoms with Crippen molar-refractivity contribution < 1.29 is 13.7 Å². The molecule has 0 spiro atoms. The van der Waals surface area contributed by atoms with E-state index >= 15 is 0 Å². The summed E-state index contributed by atoms with van der Waals surface area (Å²) in [5, 5.41) is 9.37. The van der Waals surface area contributed by atoms with Gasteiger partial charge in [0, 0.05) is 36.4 Å². The van der Waals surface area contributed by atoms with Gasteiger partial charge in [0.2, 0.25) is 0 Å². The van der Waals surface area contributed by atoms with Gasteiger partial charge in [-0.15, -0.1) is 0 Å². The zero-order valence-corrected chi connectivity index (χ0v) is 17.9. The molecule has 2 aromatic heterocycles. The van der Waals surface area contributed by atoms with Gasteiger partial charge in [-0.05, 0) is 32.4 Å². The molecule has 1 unspecified atom stereocenters. The first-order valence-electron chi connectivity index (χ1n) is 9.28. The number of aryl methyl sites for hydroxylation is 2. The number of rotatable bonds is 8. The van der Waals surface area contributed by atoms with Gasteiger partial charge < -0.3 is 14.0 Å². The van der Waals surface area contributed by atoms with Gasteiger partial charge in [-0.3, -0.25) is 9.19 Å². The second-order valence-corrected chi connectivity index (χ2v) is 8.04. The molecule has 1 aromatic carbocycles. The van der Waals surface area contributed by atoms with Gasteiger partial charge in [-0.1, -0.05) is 0 Å². The molecule has 8 heteroatoms. The average Bonchev–Trinajstić information content (AvgIpc) is 3.08. The number of nitrogens with zero attached hydrogens (tertiary/aromatic N) is 4. The minimum Gasteiger partial charge on any atom is -0.497 e. The topological polar surface area (TPSA) is 90.0 Å². The van der Waals surface area contributed by atoms with Crippen LogP contribution in [-0.4, -0.2) is 33.0 Å². The number of benzene rings is 1. The predicted molar refractivity (Wildman–Crippen MR) is 112 cm³/mol. The third-order valence-electron chi connectivity index (χ3n) is 4.81. The fourth-order valence-electron chi connectivity index (χ4n) is 3.32. The van der Waals surface area contributed by atoms with Crippen LogP contribution in [0.4, 0.5) is 0 Å². The number of fused-ring (bicyclic) bond motifs is 1. The summed E-state index contributed by atoms with van der Waals surface area (Å²) in [4.78, 5) is 9.08. The van der Waals surface area contributed by atoms with E-state index in [9.17, 15) is 4.21 Å². The monoisotopic (exact) mass is 412 g/mol. The van der Waals surface area contributed by atoms with E-state index in [-0.39, 0.29) is 5.75 Å². The molecule has 0 aliphatic carbocycles. The van der Waals surface area contributed by atoms with Crippen LogP contribution in [-0.2, 0) is 23.1 Å². The number of unbranched alkanes of at least 4 members (excludes halogenated alkanes) is 1. The van der Waals surface area contributed by atoms with Crippen molar-refractivity contribution in [2.45, 2.75) is 44.1 Å². The molecule has 29 heavy (non-hydrogen) atoms. The van der Waals surface area contributed by atoms with E-state index in [2.05, 4.69) is 16.0 Å². The van der Waals surface area contributed by atoms with Gasteiger partial charge in [-0.2, -0.15) is 5.26 Å².